The lowest BCUT2D eigenvalue weighted by Gasteiger charge is -2.21. The fraction of sp³-hybridized carbons (Fsp3) is 0.929. The molecule has 0 N–H and O–H groups in total. The van der Waals surface area contributed by atoms with Gasteiger partial charge in [-0.2, -0.15) is 0 Å². The minimum Gasteiger partial charge on any atom is -0.379 e. The predicted molar refractivity (Wildman–Crippen MR) is 69.6 cm³/mol. The smallest absolute Gasteiger partial charge is 0.0833 e. The van der Waals surface area contributed by atoms with E-state index in [1.807, 2.05) is 0 Å². The summed E-state index contributed by atoms with van der Waals surface area (Å²) >= 11 is 0. The molecule has 0 aromatic carbocycles. The first-order valence-electron chi connectivity index (χ1n) is 6.64. The zero-order valence-electron chi connectivity index (χ0n) is 11.3. The second-order valence-corrected chi connectivity index (χ2v) is 4.46. The summed E-state index contributed by atoms with van der Waals surface area (Å²) in [6.07, 6.45) is 10.5. The Bertz CT molecular complexity index is 137. The Balaban J connectivity index is 3.34. The number of unbranched alkanes of at least 4 members (excludes halogenated alkanes) is 6. The van der Waals surface area contributed by atoms with Gasteiger partial charge in [-0.05, 0) is 13.3 Å². The van der Waals surface area contributed by atoms with Crippen LogP contribution >= 0.6 is 0 Å². The first kappa shape index (κ1) is 15.9. The van der Waals surface area contributed by atoms with Crippen LogP contribution in [0.2, 0.25) is 0 Å². The molecule has 2 unspecified atom stereocenters. The van der Waals surface area contributed by atoms with Crippen LogP contribution in [-0.4, -0.2) is 26.4 Å². The number of rotatable bonds is 11. The molecule has 0 aliphatic heterocycles. The van der Waals surface area contributed by atoms with Gasteiger partial charge in [-0.3, -0.25) is 0 Å². The molecule has 0 aliphatic carbocycles. The highest BCUT2D eigenvalue weighted by molar-refractivity contribution is 4.72. The van der Waals surface area contributed by atoms with E-state index in [-0.39, 0.29) is 12.2 Å². The Labute approximate surface area is 102 Å². The van der Waals surface area contributed by atoms with E-state index in [0.717, 1.165) is 6.42 Å². The van der Waals surface area contributed by atoms with E-state index in [0.29, 0.717) is 0 Å². The Hall–Kier alpha value is -0.0800. The first-order valence-corrected chi connectivity index (χ1v) is 6.64. The topological polar surface area (TPSA) is 18.5 Å². The first-order chi connectivity index (χ1) is 7.76. The largest absolute Gasteiger partial charge is 0.379 e. The van der Waals surface area contributed by atoms with Crippen LogP contribution in [0.4, 0.5) is 0 Å². The summed E-state index contributed by atoms with van der Waals surface area (Å²) in [5.74, 6) is 0. The molecule has 2 heteroatoms. The maximum absolute atomic E-state index is 5.36. The van der Waals surface area contributed by atoms with E-state index >= 15 is 0 Å². The monoisotopic (exact) mass is 229 g/mol. The molecule has 0 fully saturated rings. The van der Waals surface area contributed by atoms with E-state index in [1.54, 1.807) is 14.2 Å². The van der Waals surface area contributed by atoms with Gasteiger partial charge in [-0.1, -0.05) is 51.9 Å². The van der Waals surface area contributed by atoms with Crippen molar-refractivity contribution < 1.29 is 9.47 Å². The van der Waals surface area contributed by atoms with Crippen LogP contribution in [-0.2, 0) is 9.47 Å². The van der Waals surface area contributed by atoms with Crippen molar-refractivity contribution in [3.63, 3.8) is 0 Å². The van der Waals surface area contributed by atoms with Crippen LogP contribution in [0.1, 0.15) is 58.3 Å². The molecular formula is C14H29O2. The minimum atomic E-state index is -0.0370. The van der Waals surface area contributed by atoms with Gasteiger partial charge in [0.05, 0.1) is 12.2 Å². The van der Waals surface area contributed by atoms with E-state index in [1.165, 1.54) is 44.9 Å². The fourth-order valence-electron chi connectivity index (χ4n) is 1.91. The van der Waals surface area contributed by atoms with E-state index < -0.39 is 0 Å². The molecule has 0 aromatic rings. The van der Waals surface area contributed by atoms with Gasteiger partial charge < -0.3 is 9.47 Å². The van der Waals surface area contributed by atoms with E-state index in [2.05, 4.69) is 13.8 Å². The van der Waals surface area contributed by atoms with Gasteiger partial charge >= 0.3 is 0 Å². The SMILES string of the molecule is [CH2]C(OC)C(CCCCCCCCC)OC. The second-order valence-electron chi connectivity index (χ2n) is 4.46. The molecule has 2 nitrogen and oxygen atoms in total. The van der Waals surface area contributed by atoms with Gasteiger partial charge in [0, 0.05) is 14.2 Å². The zero-order chi connectivity index (χ0) is 12.2. The Morgan fingerprint density at radius 3 is 1.94 bits per heavy atom. The van der Waals surface area contributed by atoms with Crippen LogP contribution < -0.4 is 0 Å². The Morgan fingerprint density at radius 2 is 1.44 bits per heavy atom. The predicted octanol–water partition coefficient (Wildman–Crippen LogP) is 3.99. The Morgan fingerprint density at radius 1 is 0.875 bits per heavy atom. The average molecular weight is 229 g/mol. The van der Waals surface area contributed by atoms with Crippen molar-refractivity contribution in [1.82, 2.24) is 0 Å². The third kappa shape index (κ3) is 8.12. The van der Waals surface area contributed by atoms with Crippen LogP contribution in [0.15, 0.2) is 0 Å². The molecule has 97 valence electrons. The van der Waals surface area contributed by atoms with Gasteiger partial charge in [0.1, 0.15) is 0 Å². The van der Waals surface area contributed by atoms with Crippen molar-refractivity contribution >= 4 is 0 Å². The van der Waals surface area contributed by atoms with Crippen molar-refractivity contribution in [3.8, 4) is 0 Å². The van der Waals surface area contributed by atoms with Gasteiger partial charge in [-0.15, -0.1) is 0 Å². The molecule has 0 spiro atoms. The molecule has 0 heterocycles. The van der Waals surface area contributed by atoms with Crippen LogP contribution in [0.5, 0.6) is 0 Å². The lowest BCUT2D eigenvalue weighted by Crippen LogP contribution is -2.27. The standard InChI is InChI=1S/C14H29O2/c1-5-6-7-8-9-10-11-12-14(16-4)13(2)15-3/h13-14H,2,5-12H2,1,3-4H3. The summed E-state index contributed by atoms with van der Waals surface area (Å²) < 4.78 is 10.5. The summed E-state index contributed by atoms with van der Waals surface area (Å²) in [6.45, 7) is 6.17. The Kier molecular flexibility index (Phi) is 11.3. The summed E-state index contributed by atoms with van der Waals surface area (Å²) in [5, 5.41) is 0. The van der Waals surface area contributed by atoms with E-state index in [9.17, 15) is 0 Å². The molecule has 0 bridgehead atoms. The molecule has 0 saturated carbocycles. The second kappa shape index (κ2) is 11.4. The van der Waals surface area contributed by atoms with Crippen molar-refractivity contribution in [2.75, 3.05) is 14.2 Å². The van der Waals surface area contributed by atoms with Gasteiger partial charge in [-0.25, -0.2) is 0 Å². The van der Waals surface area contributed by atoms with Crippen molar-refractivity contribution in [3.05, 3.63) is 6.92 Å². The average Bonchev–Trinajstić information content (AvgIpc) is 2.32. The van der Waals surface area contributed by atoms with Gasteiger partial charge in [0.15, 0.2) is 0 Å². The van der Waals surface area contributed by atoms with Crippen molar-refractivity contribution in [2.24, 2.45) is 0 Å². The van der Waals surface area contributed by atoms with Crippen LogP contribution in [0, 0.1) is 6.92 Å². The number of hydrogen-bond donors (Lipinski definition) is 0. The summed E-state index contributed by atoms with van der Waals surface area (Å²) in [5.41, 5.74) is 0. The molecule has 0 rings (SSSR count). The fourth-order valence-corrected chi connectivity index (χ4v) is 1.91. The quantitative estimate of drug-likeness (QED) is 0.499. The molecule has 0 saturated heterocycles. The van der Waals surface area contributed by atoms with Gasteiger partial charge in [0.2, 0.25) is 0 Å². The van der Waals surface area contributed by atoms with Crippen molar-refractivity contribution in [1.29, 1.82) is 0 Å². The van der Waals surface area contributed by atoms with E-state index in [4.69, 9.17) is 9.47 Å². The summed E-state index contributed by atoms with van der Waals surface area (Å²) in [4.78, 5) is 0. The molecule has 0 amide bonds. The minimum absolute atomic E-state index is 0.0370. The molecule has 2 atom stereocenters. The molecule has 0 aliphatic rings. The normalized spacial score (nSPS) is 15.0. The lowest BCUT2D eigenvalue weighted by atomic mass is 10.0. The van der Waals surface area contributed by atoms with Gasteiger partial charge in [0.25, 0.3) is 0 Å². The maximum Gasteiger partial charge on any atom is 0.0833 e. The molecule has 1 radical (unpaired) electrons. The molecule has 16 heavy (non-hydrogen) atoms. The lowest BCUT2D eigenvalue weighted by molar-refractivity contribution is -0.0180. The third-order valence-corrected chi connectivity index (χ3v) is 3.11. The van der Waals surface area contributed by atoms with Crippen molar-refractivity contribution in [2.45, 2.75) is 70.5 Å². The van der Waals surface area contributed by atoms with Crippen LogP contribution in [0.3, 0.4) is 0 Å². The highest BCUT2D eigenvalue weighted by atomic mass is 16.5. The summed E-state index contributed by atoms with van der Waals surface area (Å²) in [7, 11) is 3.43. The zero-order valence-corrected chi connectivity index (χ0v) is 11.3. The molecule has 0 aromatic heterocycles. The maximum atomic E-state index is 5.36. The molecular weight excluding hydrogens is 200 g/mol. The summed E-state index contributed by atoms with van der Waals surface area (Å²) in [6, 6.07) is 0. The highest BCUT2D eigenvalue weighted by Crippen LogP contribution is 2.13. The number of ether oxygens (including phenoxy) is 2. The third-order valence-electron chi connectivity index (χ3n) is 3.11. The highest BCUT2D eigenvalue weighted by Gasteiger charge is 2.15. The number of hydrogen-bond acceptors (Lipinski definition) is 2. The number of methoxy groups -OCH3 is 2. The van der Waals surface area contributed by atoms with Crippen LogP contribution in [0.25, 0.3) is 0 Å².